The molecule has 1 unspecified atom stereocenters. The first-order valence-electron chi connectivity index (χ1n) is 5.03. The van der Waals surface area contributed by atoms with E-state index in [0.717, 1.165) is 12.8 Å². The molecule has 0 heterocycles. The van der Waals surface area contributed by atoms with Crippen molar-refractivity contribution in [1.82, 2.24) is 5.43 Å². The van der Waals surface area contributed by atoms with Crippen molar-refractivity contribution in [2.24, 2.45) is 5.84 Å². The molecule has 0 aromatic heterocycles. The molecule has 0 fully saturated rings. The van der Waals surface area contributed by atoms with Crippen LogP contribution >= 0.6 is 0 Å². The largest absolute Gasteiger partial charge is 0.496 e. The minimum absolute atomic E-state index is 0.203. The molecular weight excluding hydrogens is 195 g/mol. The Bertz CT molecular complexity index is 317. The number of nitrogens with one attached hydrogen (secondary N) is 1. The van der Waals surface area contributed by atoms with E-state index in [0.29, 0.717) is 11.3 Å². The molecule has 84 valence electrons. The van der Waals surface area contributed by atoms with Crippen molar-refractivity contribution < 1.29 is 9.13 Å². The molecular formula is C11H17FN2O. The van der Waals surface area contributed by atoms with Crippen LogP contribution in [0.25, 0.3) is 0 Å². The maximum atomic E-state index is 13.6. The summed E-state index contributed by atoms with van der Waals surface area (Å²) in [5.41, 5.74) is 3.12. The van der Waals surface area contributed by atoms with E-state index in [4.69, 9.17) is 10.6 Å². The lowest BCUT2D eigenvalue weighted by Crippen LogP contribution is -2.29. The van der Waals surface area contributed by atoms with E-state index >= 15 is 0 Å². The highest BCUT2D eigenvalue weighted by Crippen LogP contribution is 2.29. The van der Waals surface area contributed by atoms with Crippen LogP contribution in [-0.2, 0) is 0 Å². The topological polar surface area (TPSA) is 47.3 Å². The molecule has 0 saturated carbocycles. The van der Waals surface area contributed by atoms with Crippen molar-refractivity contribution in [2.75, 3.05) is 7.11 Å². The molecule has 4 heteroatoms. The third-order valence-corrected chi connectivity index (χ3v) is 2.36. The minimum atomic E-state index is -0.286. The fraction of sp³-hybridized carbons (Fsp3) is 0.455. The van der Waals surface area contributed by atoms with E-state index in [9.17, 15) is 4.39 Å². The van der Waals surface area contributed by atoms with E-state index in [-0.39, 0.29) is 11.9 Å². The maximum Gasteiger partial charge on any atom is 0.131 e. The molecule has 0 aliphatic carbocycles. The summed E-state index contributed by atoms with van der Waals surface area (Å²) in [6, 6.07) is 4.57. The lowest BCUT2D eigenvalue weighted by atomic mass is 10.0. The molecule has 15 heavy (non-hydrogen) atoms. The lowest BCUT2D eigenvalue weighted by molar-refractivity contribution is 0.385. The van der Waals surface area contributed by atoms with Crippen molar-refractivity contribution in [3.8, 4) is 5.75 Å². The highest BCUT2D eigenvalue weighted by Gasteiger charge is 2.18. The molecule has 0 radical (unpaired) electrons. The zero-order valence-corrected chi connectivity index (χ0v) is 9.09. The number of nitrogens with two attached hydrogens (primary N) is 1. The van der Waals surface area contributed by atoms with Gasteiger partial charge in [-0.05, 0) is 18.6 Å². The van der Waals surface area contributed by atoms with Gasteiger partial charge in [-0.1, -0.05) is 19.4 Å². The van der Waals surface area contributed by atoms with Crippen LogP contribution in [0, 0.1) is 5.82 Å². The van der Waals surface area contributed by atoms with Crippen LogP contribution < -0.4 is 16.0 Å². The molecule has 0 spiro atoms. The van der Waals surface area contributed by atoms with Gasteiger partial charge in [-0.25, -0.2) is 4.39 Å². The highest BCUT2D eigenvalue weighted by molar-refractivity contribution is 5.37. The van der Waals surface area contributed by atoms with Crippen LogP contribution in [0.1, 0.15) is 31.4 Å². The third-order valence-electron chi connectivity index (χ3n) is 2.36. The number of ether oxygens (including phenoxy) is 1. The summed E-state index contributed by atoms with van der Waals surface area (Å²) in [4.78, 5) is 0. The van der Waals surface area contributed by atoms with Crippen LogP contribution in [0.2, 0.25) is 0 Å². The molecule has 0 aliphatic rings. The van der Waals surface area contributed by atoms with E-state index < -0.39 is 0 Å². The molecule has 3 N–H and O–H groups in total. The van der Waals surface area contributed by atoms with Gasteiger partial charge in [0.05, 0.1) is 13.2 Å². The monoisotopic (exact) mass is 212 g/mol. The summed E-state index contributed by atoms with van der Waals surface area (Å²) in [5.74, 6) is 5.66. The summed E-state index contributed by atoms with van der Waals surface area (Å²) < 4.78 is 18.7. The average Bonchev–Trinajstić information content (AvgIpc) is 2.26. The van der Waals surface area contributed by atoms with Crippen molar-refractivity contribution in [2.45, 2.75) is 25.8 Å². The quantitative estimate of drug-likeness (QED) is 0.580. The molecule has 0 saturated heterocycles. The summed E-state index contributed by atoms with van der Waals surface area (Å²) in [6.07, 6.45) is 1.69. The summed E-state index contributed by atoms with van der Waals surface area (Å²) in [7, 11) is 1.53. The van der Waals surface area contributed by atoms with Gasteiger partial charge in [-0.3, -0.25) is 11.3 Å². The number of hydrazine groups is 1. The van der Waals surface area contributed by atoms with Gasteiger partial charge in [0.15, 0.2) is 0 Å². The Morgan fingerprint density at radius 2 is 2.27 bits per heavy atom. The van der Waals surface area contributed by atoms with Gasteiger partial charge in [0.1, 0.15) is 11.6 Å². The van der Waals surface area contributed by atoms with E-state index in [2.05, 4.69) is 5.43 Å². The second-order valence-corrected chi connectivity index (χ2v) is 3.36. The fourth-order valence-electron chi connectivity index (χ4n) is 1.63. The Balaban J connectivity index is 3.08. The Kier molecular flexibility index (Phi) is 4.52. The normalized spacial score (nSPS) is 12.5. The molecule has 0 amide bonds. The van der Waals surface area contributed by atoms with Crippen molar-refractivity contribution in [3.63, 3.8) is 0 Å². The van der Waals surface area contributed by atoms with Gasteiger partial charge in [-0.15, -0.1) is 0 Å². The second-order valence-electron chi connectivity index (χ2n) is 3.36. The number of hydrogen-bond acceptors (Lipinski definition) is 3. The van der Waals surface area contributed by atoms with E-state index in [1.165, 1.54) is 13.2 Å². The van der Waals surface area contributed by atoms with Crippen LogP contribution in [-0.4, -0.2) is 7.11 Å². The van der Waals surface area contributed by atoms with Crippen molar-refractivity contribution in [1.29, 1.82) is 0 Å². The SMILES string of the molecule is CCCC(NN)c1c(F)cccc1OC. The Morgan fingerprint density at radius 1 is 1.53 bits per heavy atom. The van der Waals surface area contributed by atoms with Gasteiger partial charge < -0.3 is 4.74 Å². The molecule has 0 bridgehead atoms. The highest BCUT2D eigenvalue weighted by atomic mass is 19.1. The minimum Gasteiger partial charge on any atom is -0.496 e. The number of rotatable bonds is 5. The summed E-state index contributed by atoms with van der Waals surface area (Å²) in [6.45, 7) is 2.03. The molecule has 1 atom stereocenters. The van der Waals surface area contributed by atoms with Crippen molar-refractivity contribution >= 4 is 0 Å². The van der Waals surface area contributed by atoms with Crippen LogP contribution in [0.15, 0.2) is 18.2 Å². The maximum absolute atomic E-state index is 13.6. The predicted molar refractivity (Wildman–Crippen MR) is 57.9 cm³/mol. The molecule has 3 nitrogen and oxygen atoms in total. The second kappa shape index (κ2) is 5.68. The molecule has 1 aromatic rings. The lowest BCUT2D eigenvalue weighted by Gasteiger charge is -2.18. The summed E-state index contributed by atoms with van der Waals surface area (Å²) >= 11 is 0. The average molecular weight is 212 g/mol. The van der Waals surface area contributed by atoms with Crippen LogP contribution in [0.3, 0.4) is 0 Å². The first-order chi connectivity index (χ1) is 7.24. The van der Waals surface area contributed by atoms with Crippen LogP contribution in [0.4, 0.5) is 4.39 Å². The van der Waals surface area contributed by atoms with Gasteiger partial charge in [0.2, 0.25) is 0 Å². The Labute approximate surface area is 89.4 Å². The third kappa shape index (κ3) is 2.67. The molecule has 0 aliphatic heterocycles. The summed E-state index contributed by atoms with van der Waals surface area (Å²) in [5, 5.41) is 0. The zero-order chi connectivity index (χ0) is 11.3. The van der Waals surface area contributed by atoms with E-state index in [1.54, 1.807) is 12.1 Å². The Hall–Kier alpha value is -1.13. The van der Waals surface area contributed by atoms with Gasteiger partial charge in [0.25, 0.3) is 0 Å². The molecule has 1 aromatic carbocycles. The van der Waals surface area contributed by atoms with Gasteiger partial charge >= 0.3 is 0 Å². The van der Waals surface area contributed by atoms with E-state index in [1.807, 2.05) is 6.92 Å². The van der Waals surface area contributed by atoms with Crippen LogP contribution in [0.5, 0.6) is 5.75 Å². The fourth-order valence-corrected chi connectivity index (χ4v) is 1.63. The number of methoxy groups -OCH3 is 1. The standard InChI is InChI=1S/C11H17FN2O/c1-3-5-9(14-13)11-8(12)6-4-7-10(11)15-2/h4,6-7,9,14H,3,5,13H2,1-2H3. The van der Waals surface area contributed by atoms with Gasteiger partial charge in [-0.2, -0.15) is 0 Å². The van der Waals surface area contributed by atoms with Crippen molar-refractivity contribution in [3.05, 3.63) is 29.6 Å². The number of hydrogen-bond donors (Lipinski definition) is 2. The number of halogens is 1. The Morgan fingerprint density at radius 3 is 2.80 bits per heavy atom. The first kappa shape index (κ1) is 11.9. The predicted octanol–water partition coefficient (Wildman–Crippen LogP) is 2.14. The zero-order valence-electron chi connectivity index (χ0n) is 9.09. The molecule has 1 rings (SSSR count). The number of benzene rings is 1. The van der Waals surface area contributed by atoms with Gasteiger partial charge in [0, 0.05) is 5.56 Å². The smallest absolute Gasteiger partial charge is 0.131 e. The first-order valence-corrected chi connectivity index (χ1v) is 5.03.